The molecule has 0 aliphatic rings. The minimum absolute atomic E-state index is 0.329. The first-order valence-corrected chi connectivity index (χ1v) is 7.81. The number of nitrogens with zero attached hydrogens (tertiary/aromatic N) is 1. The Balaban J connectivity index is 1.99. The molecule has 0 radical (unpaired) electrons. The number of hydrogen-bond donors (Lipinski definition) is 1. The highest BCUT2D eigenvalue weighted by Crippen LogP contribution is 2.23. The van der Waals surface area contributed by atoms with E-state index in [0.717, 1.165) is 16.3 Å². The van der Waals surface area contributed by atoms with E-state index in [1.165, 1.54) is 11.3 Å². The molecule has 2 aromatic rings. The SMILES string of the molecule is CCc1nc(CCOc2ccc(Cl)cc2C)sc1C(=O)O. The number of carboxylic acids is 1. The van der Waals surface area contributed by atoms with Gasteiger partial charge in [-0.3, -0.25) is 0 Å². The molecule has 0 fully saturated rings. The Bertz CT molecular complexity index is 654. The van der Waals surface area contributed by atoms with Gasteiger partial charge in [0.15, 0.2) is 0 Å². The first-order chi connectivity index (χ1) is 10.0. The van der Waals surface area contributed by atoms with Gasteiger partial charge in [0.05, 0.1) is 17.3 Å². The molecule has 0 saturated heterocycles. The van der Waals surface area contributed by atoms with Gasteiger partial charge in [0.25, 0.3) is 0 Å². The molecule has 112 valence electrons. The zero-order valence-corrected chi connectivity index (χ0v) is 13.4. The first kappa shape index (κ1) is 15.8. The van der Waals surface area contributed by atoms with Crippen molar-refractivity contribution in [2.45, 2.75) is 26.7 Å². The average molecular weight is 326 g/mol. The predicted octanol–water partition coefficient (Wildman–Crippen LogP) is 3.99. The number of carbonyl (C=O) groups is 1. The summed E-state index contributed by atoms with van der Waals surface area (Å²) in [4.78, 5) is 15.8. The monoisotopic (exact) mass is 325 g/mol. The second-order valence-corrected chi connectivity index (χ2v) is 6.07. The van der Waals surface area contributed by atoms with Crippen molar-refractivity contribution < 1.29 is 14.6 Å². The van der Waals surface area contributed by atoms with Gasteiger partial charge in [0.1, 0.15) is 10.6 Å². The van der Waals surface area contributed by atoms with Crippen LogP contribution in [0.1, 0.15) is 32.9 Å². The van der Waals surface area contributed by atoms with Crippen LogP contribution in [-0.4, -0.2) is 22.7 Å². The topological polar surface area (TPSA) is 59.4 Å². The standard InChI is InChI=1S/C15H16ClNO3S/c1-3-11-14(15(18)19)21-13(17-11)6-7-20-12-5-4-10(16)8-9(12)2/h4-5,8H,3,6-7H2,1-2H3,(H,18,19). The van der Waals surface area contributed by atoms with Crippen LogP contribution in [0.4, 0.5) is 0 Å². The third-order valence-corrected chi connectivity index (χ3v) is 4.36. The number of aryl methyl sites for hydroxylation is 2. The summed E-state index contributed by atoms with van der Waals surface area (Å²) in [7, 11) is 0. The van der Waals surface area contributed by atoms with Crippen molar-refractivity contribution in [1.29, 1.82) is 0 Å². The zero-order valence-electron chi connectivity index (χ0n) is 11.9. The van der Waals surface area contributed by atoms with Crippen molar-refractivity contribution in [2.75, 3.05) is 6.61 Å². The number of benzene rings is 1. The third-order valence-electron chi connectivity index (χ3n) is 2.98. The van der Waals surface area contributed by atoms with Crippen molar-refractivity contribution in [3.63, 3.8) is 0 Å². The van der Waals surface area contributed by atoms with Crippen molar-refractivity contribution in [3.8, 4) is 5.75 Å². The fraction of sp³-hybridized carbons (Fsp3) is 0.333. The van der Waals surface area contributed by atoms with Crippen LogP contribution < -0.4 is 4.74 Å². The lowest BCUT2D eigenvalue weighted by Crippen LogP contribution is -2.02. The van der Waals surface area contributed by atoms with Crippen LogP contribution in [0.5, 0.6) is 5.75 Å². The van der Waals surface area contributed by atoms with Gasteiger partial charge < -0.3 is 9.84 Å². The molecule has 1 aromatic heterocycles. The van der Waals surface area contributed by atoms with E-state index >= 15 is 0 Å². The number of rotatable bonds is 6. The summed E-state index contributed by atoms with van der Waals surface area (Å²) in [6.07, 6.45) is 1.21. The molecule has 0 aliphatic heterocycles. The van der Waals surface area contributed by atoms with Crippen molar-refractivity contribution in [2.24, 2.45) is 0 Å². The van der Waals surface area contributed by atoms with Gasteiger partial charge in [0, 0.05) is 11.4 Å². The summed E-state index contributed by atoms with van der Waals surface area (Å²) < 4.78 is 5.70. The summed E-state index contributed by atoms with van der Waals surface area (Å²) >= 11 is 7.12. The van der Waals surface area contributed by atoms with Gasteiger partial charge >= 0.3 is 5.97 Å². The minimum atomic E-state index is -0.912. The Morgan fingerprint density at radius 2 is 2.24 bits per heavy atom. The van der Waals surface area contributed by atoms with Gasteiger partial charge in [-0.2, -0.15) is 0 Å². The van der Waals surface area contributed by atoms with Gasteiger partial charge in [-0.1, -0.05) is 18.5 Å². The third kappa shape index (κ3) is 3.95. The van der Waals surface area contributed by atoms with Crippen LogP contribution in [0.25, 0.3) is 0 Å². The maximum Gasteiger partial charge on any atom is 0.347 e. The molecular formula is C15H16ClNO3S. The lowest BCUT2D eigenvalue weighted by Gasteiger charge is -2.08. The zero-order chi connectivity index (χ0) is 15.4. The predicted molar refractivity (Wildman–Crippen MR) is 83.8 cm³/mol. The van der Waals surface area contributed by atoms with E-state index < -0.39 is 5.97 Å². The van der Waals surface area contributed by atoms with E-state index in [2.05, 4.69) is 4.98 Å². The van der Waals surface area contributed by atoms with E-state index in [4.69, 9.17) is 21.4 Å². The molecule has 0 spiro atoms. The van der Waals surface area contributed by atoms with E-state index in [1.807, 2.05) is 26.0 Å². The van der Waals surface area contributed by atoms with Crippen molar-refractivity contribution in [3.05, 3.63) is 44.4 Å². The summed E-state index contributed by atoms with van der Waals surface area (Å²) in [5.74, 6) is -0.129. The van der Waals surface area contributed by atoms with Crippen LogP contribution in [0.2, 0.25) is 5.02 Å². The van der Waals surface area contributed by atoms with Crippen molar-refractivity contribution in [1.82, 2.24) is 4.98 Å². The van der Waals surface area contributed by atoms with Crippen LogP contribution in [0.3, 0.4) is 0 Å². The highest BCUT2D eigenvalue weighted by atomic mass is 35.5. The summed E-state index contributed by atoms with van der Waals surface area (Å²) in [6.45, 7) is 4.29. The van der Waals surface area contributed by atoms with Crippen LogP contribution in [0, 0.1) is 6.92 Å². The highest BCUT2D eigenvalue weighted by molar-refractivity contribution is 7.13. The molecular weight excluding hydrogens is 310 g/mol. The normalized spacial score (nSPS) is 10.6. The smallest absolute Gasteiger partial charge is 0.347 e. The number of ether oxygens (including phenoxy) is 1. The lowest BCUT2D eigenvalue weighted by molar-refractivity contribution is 0.0701. The van der Waals surface area contributed by atoms with Gasteiger partial charge in [-0.25, -0.2) is 9.78 Å². The Morgan fingerprint density at radius 1 is 1.48 bits per heavy atom. The highest BCUT2D eigenvalue weighted by Gasteiger charge is 2.15. The molecule has 6 heteroatoms. The summed E-state index contributed by atoms with van der Waals surface area (Å²) in [6, 6.07) is 5.46. The number of carboxylic acid groups (broad SMARTS) is 1. The molecule has 1 heterocycles. The van der Waals surface area contributed by atoms with E-state index in [1.54, 1.807) is 6.07 Å². The Hall–Kier alpha value is -1.59. The van der Waals surface area contributed by atoms with Crippen LogP contribution >= 0.6 is 22.9 Å². The van der Waals surface area contributed by atoms with E-state index in [0.29, 0.717) is 35.0 Å². The van der Waals surface area contributed by atoms with Crippen molar-refractivity contribution >= 4 is 28.9 Å². The number of hydrogen-bond acceptors (Lipinski definition) is 4. The fourth-order valence-corrected chi connectivity index (χ4v) is 3.14. The minimum Gasteiger partial charge on any atom is -0.493 e. The Kier molecular flexibility index (Phi) is 5.20. The molecule has 21 heavy (non-hydrogen) atoms. The fourth-order valence-electron chi connectivity index (χ4n) is 1.94. The molecule has 0 atom stereocenters. The quantitative estimate of drug-likeness (QED) is 0.872. The number of aromatic carboxylic acids is 1. The molecule has 0 bridgehead atoms. The van der Waals surface area contributed by atoms with Gasteiger partial charge in [-0.15, -0.1) is 11.3 Å². The maximum absolute atomic E-state index is 11.1. The van der Waals surface area contributed by atoms with Crippen LogP contribution in [0.15, 0.2) is 18.2 Å². The second-order valence-electron chi connectivity index (χ2n) is 4.55. The van der Waals surface area contributed by atoms with Gasteiger partial charge in [-0.05, 0) is 37.1 Å². The number of thiazole rings is 1. The molecule has 4 nitrogen and oxygen atoms in total. The van der Waals surface area contributed by atoms with Gasteiger partial charge in [0.2, 0.25) is 0 Å². The summed E-state index contributed by atoms with van der Waals surface area (Å²) in [5.41, 5.74) is 1.62. The molecule has 0 aliphatic carbocycles. The number of halogens is 1. The Labute approximate surface area is 132 Å². The molecule has 1 aromatic carbocycles. The molecule has 1 N–H and O–H groups in total. The summed E-state index contributed by atoms with van der Waals surface area (Å²) in [5, 5.41) is 10.6. The van der Waals surface area contributed by atoms with E-state index in [9.17, 15) is 4.79 Å². The van der Waals surface area contributed by atoms with Crippen LogP contribution in [-0.2, 0) is 12.8 Å². The first-order valence-electron chi connectivity index (χ1n) is 6.62. The molecule has 0 amide bonds. The lowest BCUT2D eigenvalue weighted by atomic mass is 10.2. The second kappa shape index (κ2) is 6.91. The maximum atomic E-state index is 11.1. The largest absolute Gasteiger partial charge is 0.493 e. The molecule has 0 saturated carbocycles. The molecule has 0 unspecified atom stereocenters. The average Bonchev–Trinajstić information content (AvgIpc) is 2.85. The Morgan fingerprint density at radius 3 is 2.81 bits per heavy atom. The van der Waals surface area contributed by atoms with E-state index in [-0.39, 0.29) is 0 Å². The molecule has 2 rings (SSSR count). The number of aromatic nitrogens is 1.